The normalized spacial score (nSPS) is 16.3. The topological polar surface area (TPSA) is 68.3 Å². The van der Waals surface area contributed by atoms with Crippen LogP contribution in [0.25, 0.3) is 56.2 Å². The molecule has 450 valence electrons. The third kappa shape index (κ3) is 12.2. The van der Waals surface area contributed by atoms with Gasteiger partial charge in [-0.3, -0.25) is 9.13 Å². The molecule has 0 unspecified atom stereocenters. The summed E-state index contributed by atoms with van der Waals surface area (Å²) in [5.41, 5.74) is 12.9. The van der Waals surface area contributed by atoms with Gasteiger partial charge in [0.15, 0.2) is 0 Å². The molecular formula is C74H78N8O2Pt2-4. The molecule has 2 aliphatic heterocycles. The quantitative estimate of drug-likeness (QED) is 0.0949. The largest absolute Gasteiger partial charge is 0.511 e. The van der Waals surface area contributed by atoms with Crippen LogP contribution in [-0.4, -0.2) is 41.3 Å². The van der Waals surface area contributed by atoms with Gasteiger partial charge in [0.1, 0.15) is 0 Å². The number of pyridine rings is 2. The molecule has 0 atom stereocenters. The van der Waals surface area contributed by atoms with Gasteiger partial charge in [-0.15, -0.1) is 47.8 Å². The molecule has 4 aromatic heterocycles. The maximum atomic E-state index is 6.72. The van der Waals surface area contributed by atoms with E-state index >= 15 is 0 Å². The molecule has 0 radical (unpaired) electrons. The molecule has 2 fully saturated rings. The predicted octanol–water partition coefficient (Wildman–Crippen LogP) is 16.7. The number of benzene rings is 6. The minimum Gasteiger partial charge on any atom is -0.511 e. The Balaban J connectivity index is 0.00000410. The van der Waals surface area contributed by atoms with Crippen LogP contribution in [-0.2, 0) is 53.0 Å². The number of piperidine rings is 2. The minimum absolute atomic E-state index is 0. The summed E-state index contributed by atoms with van der Waals surface area (Å²) in [4.78, 5) is 14.7. The second-order valence-electron chi connectivity index (χ2n) is 27.7. The van der Waals surface area contributed by atoms with Crippen LogP contribution < -0.4 is 28.4 Å². The third-order valence-corrected chi connectivity index (χ3v) is 17.3. The molecule has 6 aromatic carbocycles. The Kier molecular flexibility index (Phi) is 16.9. The van der Waals surface area contributed by atoms with Crippen molar-refractivity contribution >= 4 is 33.4 Å². The van der Waals surface area contributed by atoms with Crippen molar-refractivity contribution in [3.05, 3.63) is 194 Å². The average molecular weight is 1500 g/mol. The molecule has 2 saturated heterocycles. The summed E-state index contributed by atoms with van der Waals surface area (Å²) < 4.78 is 22.0. The van der Waals surface area contributed by atoms with Crippen LogP contribution in [0.2, 0.25) is 0 Å². The molecule has 0 amide bonds. The van der Waals surface area contributed by atoms with Gasteiger partial charge in [-0.2, -0.15) is 35.4 Å². The zero-order chi connectivity index (χ0) is 59.1. The Hall–Kier alpha value is -6.86. The summed E-state index contributed by atoms with van der Waals surface area (Å²) in [6.07, 6.45) is 17.9. The van der Waals surface area contributed by atoms with Crippen LogP contribution in [0.15, 0.2) is 146 Å². The summed E-state index contributed by atoms with van der Waals surface area (Å²) in [6, 6.07) is 60.8. The number of fused-ring (bicyclic) bond motifs is 2. The van der Waals surface area contributed by atoms with Gasteiger partial charge in [-0.05, 0) is 165 Å². The molecule has 0 N–H and O–H groups in total. The van der Waals surface area contributed by atoms with Crippen LogP contribution in [0.4, 0.5) is 11.4 Å². The summed E-state index contributed by atoms with van der Waals surface area (Å²) in [6.45, 7) is 32.2. The van der Waals surface area contributed by atoms with Crippen LogP contribution in [0.5, 0.6) is 23.0 Å². The number of anilines is 2. The van der Waals surface area contributed by atoms with Gasteiger partial charge in [0, 0.05) is 98.7 Å². The first-order valence-corrected chi connectivity index (χ1v) is 29.8. The van der Waals surface area contributed by atoms with Crippen molar-refractivity contribution in [1.29, 1.82) is 0 Å². The van der Waals surface area contributed by atoms with E-state index in [9.17, 15) is 0 Å². The Labute approximate surface area is 538 Å². The van der Waals surface area contributed by atoms with Crippen molar-refractivity contribution in [3.8, 4) is 57.1 Å². The summed E-state index contributed by atoms with van der Waals surface area (Å²) in [5.74, 6) is 1.99. The van der Waals surface area contributed by atoms with Crippen molar-refractivity contribution in [1.82, 2.24) is 19.1 Å². The molecule has 12 heteroatoms. The van der Waals surface area contributed by atoms with E-state index in [1.54, 1.807) is 24.5 Å². The van der Waals surface area contributed by atoms with Crippen LogP contribution in [0.1, 0.15) is 147 Å². The number of hydrogen-bond acceptors (Lipinski definition) is 6. The zero-order valence-electron chi connectivity index (χ0n) is 52.1. The fraction of sp³-hybridized carbons (Fsp3) is 0.351. The van der Waals surface area contributed by atoms with E-state index in [2.05, 4.69) is 283 Å². The fourth-order valence-corrected chi connectivity index (χ4v) is 13.4. The molecule has 0 spiro atoms. The van der Waals surface area contributed by atoms with Crippen LogP contribution in [0, 0.1) is 36.9 Å². The number of nitrogens with zero attached hydrogens (tertiary/aromatic N) is 8. The molecule has 6 heterocycles. The first-order valence-electron chi connectivity index (χ1n) is 29.8. The maximum Gasteiger partial charge on any atom is 0.268 e. The van der Waals surface area contributed by atoms with Gasteiger partial charge in [0.25, 0.3) is 12.7 Å². The van der Waals surface area contributed by atoms with E-state index in [1.807, 2.05) is 0 Å². The number of rotatable bonds is 11. The Morgan fingerprint density at radius 3 is 1.15 bits per heavy atom. The van der Waals surface area contributed by atoms with E-state index in [4.69, 9.17) is 19.4 Å². The Morgan fingerprint density at radius 1 is 0.419 bits per heavy atom. The SMILES string of the molecule is CC(C)(C)c1cc(Oc2[c-]c(-c3[c-]c(Oc4[c-]c(-[n+]5[c-]n(-c6cccc(N7C(C)(C)CCCC7(C)C)c6)c6ccccc65)cc(C(C)(C)C)c4)ccn3)ncc2)[c-]c(-[n+]2[c-]n(-c3cccc(N4C(C)(C)CCCC4(C)C)c3)c3ccccc32)c1.[Pt].[Pt]. The summed E-state index contributed by atoms with van der Waals surface area (Å²) in [5, 5.41) is 0. The molecular weight excluding hydrogens is 1420 g/mol. The first-order chi connectivity index (χ1) is 39.8. The molecule has 86 heavy (non-hydrogen) atoms. The first kappa shape index (κ1) is 62.2. The number of aromatic nitrogens is 6. The molecule has 0 saturated carbocycles. The van der Waals surface area contributed by atoms with Crippen molar-refractivity contribution in [2.45, 2.75) is 168 Å². The zero-order valence-corrected chi connectivity index (χ0v) is 56.7. The Morgan fingerprint density at radius 2 is 0.779 bits per heavy atom. The molecule has 10 nitrogen and oxygen atoms in total. The maximum absolute atomic E-state index is 6.72. The third-order valence-electron chi connectivity index (χ3n) is 17.3. The molecule has 12 rings (SSSR count). The number of imidazole rings is 2. The van der Waals surface area contributed by atoms with Gasteiger partial charge in [-0.25, -0.2) is 0 Å². The van der Waals surface area contributed by atoms with E-state index < -0.39 is 0 Å². The van der Waals surface area contributed by atoms with Crippen molar-refractivity contribution in [2.24, 2.45) is 0 Å². The molecule has 2 aliphatic rings. The van der Waals surface area contributed by atoms with Gasteiger partial charge >= 0.3 is 0 Å². The van der Waals surface area contributed by atoms with Crippen LogP contribution in [0.3, 0.4) is 0 Å². The van der Waals surface area contributed by atoms with Crippen molar-refractivity contribution < 1.29 is 60.7 Å². The fourth-order valence-electron chi connectivity index (χ4n) is 13.4. The summed E-state index contributed by atoms with van der Waals surface area (Å²) >= 11 is 0. The standard InChI is InChI=1S/C74H78N8O2.2Pt/c1-69(2,3)51-39-57(79-49-77(65-27-15-17-29-67(65)79)53-23-19-25-55(43-53)81-71(7,8)33-21-34-72(81,9)10)45-61(41-51)83-59-31-37-75-63(47-59)64-48-60(32-38-76-64)84-62-42-52(70(4,5)6)40-58(46-62)80-50-78(66-28-16-18-30-68(66)80)54-24-20-26-56(44-54)82-73(11,12)35-22-36-74(82,13)14;;/h15-20,23-32,37-44H,21-22,33-36H2,1-14H3;;/q-4;;. The van der Waals surface area contributed by atoms with Gasteiger partial charge < -0.3 is 38.4 Å². The molecule has 0 bridgehead atoms. The number of para-hydroxylation sites is 4. The molecule has 0 aliphatic carbocycles. The smallest absolute Gasteiger partial charge is 0.268 e. The van der Waals surface area contributed by atoms with E-state index in [0.717, 1.165) is 81.6 Å². The van der Waals surface area contributed by atoms with Crippen molar-refractivity contribution in [2.75, 3.05) is 9.80 Å². The van der Waals surface area contributed by atoms with E-state index in [0.29, 0.717) is 34.4 Å². The average Bonchev–Trinajstić information content (AvgIpc) is 1.95. The predicted molar refractivity (Wildman–Crippen MR) is 337 cm³/mol. The van der Waals surface area contributed by atoms with E-state index in [1.165, 1.54) is 24.2 Å². The van der Waals surface area contributed by atoms with Gasteiger partial charge in [0.05, 0.1) is 33.4 Å². The number of ether oxygens (including phenoxy) is 2. The van der Waals surface area contributed by atoms with Gasteiger partial charge in [-0.1, -0.05) is 102 Å². The second kappa shape index (κ2) is 23.3. The molecule has 10 aromatic rings. The monoisotopic (exact) mass is 1500 g/mol. The second-order valence-corrected chi connectivity index (χ2v) is 27.7. The number of hydrogen-bond donors (Lipinski definition) is 0. The summed E-state index contributed by atoms with van der Waals surface area (Å²) in [7, 11) is 0. The van der Waals surface area contributed by atoms with Crippen molar-refractivity contribution in [3.63, 3.8) is 0 Å². The van der Waals surface area contributed by atoms with Gasteiger partial charge in [0.2, 0.25) is 0 Å². The Bertz CT molecular complexity index is 3830. The van der Waals surface area contributed by atoms with E-state index in [-0.39, 0.29) is 75.1 Å². The minimum atomic E-state index is -0.217. The van der Waals surface area contributed by atoms with Crippen LogP contribution >= 0.6 is 0 Å².